The molecule has 0 unspecified atom stereocenters. The zero-order valence-corrected chi connectivity index (χ0v) is 19.9. The molecule has 1 aromatic rings. The summed E-state index contributed by atoms with van der Waals surface area (Å²) < 4.78 is 6.10. The molecule has 3 spiro atoms. The Bertz CT molecular complexity index is 1270. The highest BCUT2D eigenvalue weighted by Gasteiger charge is 2.81. The van der Waals surface area contributed by atoms with E-state index in [-0.39, 0.29) is 24.2 Å². The summed E-state index contributed by atoms with van der Waals surface area (Å²) in [5.74, 6) is -0.217. The lowest BCUT2D eigenvalue weighted by Gasteiger charge is -2.59. The number of carbonyl (C=O) groups excluding carboxylic acids is 3. The van der Waals surface area contributed by atoms with Crippen LogP contribution in [0.4, 0.5) is 5.69 Å². The fraction of sp³-hybridized carbons (Fsp3) is 0.577. The number of hydrogen-bond acceptors (Lipinski definition) is 5. The van der Waals surface area contributed by atoms with Crippen molar-refractivity contribution >= 4 is 29.5 Å². The second-order valence-corrected chi connectivity index (χ2v) is 12.1. The number of piperidine rings is 2. The molecule has 6 heterocycles. The Morgan fingerprint density at radius 2 is 1.88 bits per heavy atom. The van der Waals surface area contributed by atoms with Crippen LogP contribution in [0.15, 0.2) is 18.2 Å². The van der Waals surface area contributed by atoms with Crippen molar-refractivity contribution in [2.45, 2.75) is 75.5 Å². The quantitative estimate of drug-likeness (QED) is 0.576. The van der Waals surface area contributed by atoms with Crippen molar-refractivity contribution < 1.29 is 24.3 Å². The molecule has 8 heteroatoms. The lowest BCUT2D eigenvalue weighted by atomic mass is 9.57. The third-order valence-corrected chi connectivity index (χ3v) is 9.96. The van der Waals surface area contributed by atoms with E-state index in [1.54, 1.807) is 4.90 Å². The SMILES string of the molecule is CC1(C)C=Cc2c(ccc3c2N(O)C(=O)[C@@]32C[C@@]34NC(=O)[C@@]5(CCCN5C3=O)C[C@@H]4C2(C)C)O1. The van der Waals surface area contributed by atoms with Crippen molar-refractivity contribution in [3.63, 3.8) is 0 Å². The Morgan fingerprint density at radius 1 is 1.12 bits per heavy atom. The van der Waals surface area contributed by atoms with E-state index in [1.165, 1.54) is 0 Å². The largest absolute Gasteiger partial charge is 0.483 e. The Balaban J connectivity index is 1.46. The maximum absolute atomic E-state index is 14.0. The van der Waals surface area contributed by atoms with Gasteiger partial charge < -0.3 is 15.0 Å². The normalized spacial score (nSPS) is 39.7. The maximum atomic E-state index is 14.0. The molecule has 0 aromatic heterocycles. The average Bonchev–Trinajstić information content (AvgIpc) is 3.36. The summed E-state index contributed by atoms with van der Waals surface area (Å²) in [5, 5.41) is 15.1. The van der Waals surface area contributed by atoms with E-state index in [0.717, 1.165) is 11.5 Å². The van der Waals surface area contributed by atoms with Crippen LogP contribution in [0.2, 0.25) is 0 Å². The number of hydrogen-bond donors (Lipinski definition) is 2. The molecule has 7 aliphatic rings. The summed E-state index contributed by atoms with van der Waals surface area (Å²) >= 11 is 0. The van der Waals surface area contributed by atoms with Gasteiger partial charge in [0.15, 0.2) is 0 Å². The molecule has 1 aliphatic carbocycles. The molecular weight excluding hydrogens is 434 g/mol. The molecule has 6 aliphatic heterocycles. The minimum atomic E-state index is -1.15. The first kappa shape index (κ1) is 20.5. The number of rotatable bonds is 0. The van der Waals surface area contributed by atoms with Crippen molar-refractivity contribution in [2.75, 3.05) is 11.6 Å². The minimum absolute atomic E-state index is 0.0699. The van der Waals surface area contributed by atoms with Crippen LogP contribution in [0.5, 0.6) is 5.75 Å². The molecule has 4 atom stereocenters. The van der Waals surface area contributed by atoms with Gasteiger partial charge in [-0.05, 0) is 68.7 Å². The van der Waals surface area contributed by atoms with Gasteiger partial charge >= 0.3 is 0 Å². The smallest absolute Gasteiger partial charge is 0.262 e. The number of benzene rings is 1. The van der Waals surface area contributed by atoms with E-state index in [1.807, 2.05) is 52.0 Å². The van der Waals surface area contributed by atoms with E-state index in [0.29, 0.717) is 42.0 Å². The highest BCUT2D eigenvalue weighted by atomic mass is 16.5. The molecule has 8 nitrogen and oxygen atoms in total. The molecule has 178 valence electrons. The van der Waals surface area contributed by atoms with Gasteiger partial charge in [0.1, 0.15) is 22.4 Å². The van der Waals surface area contributed by atoms with Gasteiger partial charge in [0, 0.05) is 18.0 Å². The zero-order valence-electron chi connectivity index (χ0n) is 19.9. The molecule has 2 bridgehead atoms. The number of nitrogens with zero attached hydrogens (tertiary/aromatic N) is 2. The molecule has 5 fully saturated rings. The Hall–Kier alpha value is -2.87. The third-order valence-electron chi connectivity index (χ3n) is 9.96. The van der Waals surface area contributed by atoms with Crippen molar-refractivity contribution in [2.24, 2.45) is 11.3 Å². The molecular formula is C26H29N3O5. The zero-order chi connectivity index (χ0) is 24.1. The highest BCUT2D eigenvalue weighted by molar-refractivity contribution is 6.13. The van der Waals surface area contributed by atoms with Crippen molar-refractivity contribution in [3.8, 4) is 5.75 Å². The van der Waals surface area contributed by atoms with Crippen LogP contribution in [-0.4, -0.2) is 51.1 Å². The lowest BCUT2D eigenvalue weighted by Crippen LogP contribution is -2.81. The second kappa shape index (κ2) is 5.51. The summed E-state index contributed by atoms with van der Waals surface area (Å²) in [6.07, 6.45) is 5.98. The fourth-order valence-corrected chi connectivity index (χ4v) is 8.34. The predicted molar refractivity (Wildman–Crippen MR) is 122 cm³/mol. The minimum Gasteiger partial charge on any atom is -0.483 e. The van der Waals surface area contributed by atoms with Crippen LogP contribution >= 0.6 is 0 Å². The summed E-state index contributed by atoms with van der Waals surface area (Å²) in [6, 6.07) is 3.73. The summed E-state index contributed by atoms with van der Waals surface area (Å²) in [6.45, 7) is 8.53. The van der Waals surface area contributed by atoms with E-state index in [9.17, 15) is 19.6 Å². The van der Waals surface area contributed by atoms with Gasteiger partial charge in [-0.15, -0.1) is 0 Å². The number of hydroxylamine groups is 1. The summed E-state index contributed by atoms with van der Waals surface area (Å²) in [5.41, 5.74) is -2.51. The summed E-state index contributed by atoms with van der Waals surface area (Å²) in [4.78, 5) is 43.1. The molecule has 34 heavy (non-hydrogen) atoms. The van der Waals surface area contributed by atoms with Gasteiger partial charge in [0.2, 0.25) is 11.8 Å². The molecule has 0 radical (unpaired) electrons. The number of piperazine rings is 1. The molecule has 8 rings (SSSR count). The van der Waals surface area contributed by atoms with Crippen LogP contribution in [0.3, 0.4) is 0 Å². The molecule has 4 saturated heterocycles. The van der Waals surface area contributed by atoms with Crippen LogP contribution in [-0.2, 0) is 19.8 Å². The topological polar surface area (TPSA) is 99.2 Å². The van der Waals surface area contributed by atoms with Gasteiger partial charge in [0.05, 0.1) is 11.1 Å². The molecule has 1 saturated carbocycles. The van der Waals surface area contributed by atoms with Crippen molar-refractivity contribution in [3.05, 3.63) is 29.3 Å². The number of amides is 3. The van der Waals surface area contributed by atoms with Gasteiger partial charge in [-0.25, -0.2) is 0 Å². The standard InChI is InChI=1S/C26H29N3O5/c1-22(2)10-8-14-16(34-22)7-6-15-18(14)29(33)20(31)25(15)13-26-17(23(25,3)4)12-24(19(30)27-26)9-5-11-28(24)21(26)32/h6-8,10,17,33H,5,9,11-13H2,1-4H3,(H,27,30)/t17-,24-,25-,26+/m1/s1. The maximum Gasteiger partial charge on any atom is 0.262 e. The molecule has 1 aromatic carbocycles. The van der Waals surface area contributed by atoms with Gasteiger partial charge in [-0.2, -0.15) is 5.06 Å². The number of carbonyl (C=O) groups is 3. The first-order valence-corrected chi connectivity index (χ1v) is 12.2. The van der Waals surface area contributed by atoms with Crippen molar-refractivity contribution in [1.29, 1.82) is 0 Å². The Labute approximate surface area is 197 Å². The third kappa shape index (κ3) is 1.87. The Morgan fingerprint density at radius 3 is 2.65 bits per heavy atom. The van der Waals surface area contributed by atoms with Crippen LogP contribution in [0.1, 0.15) is 64.5 Å². The number of nitrogens with one attached hydrogen (secondary N) is 1. The first-order valence-electron chi connectivity index (χ1n) is 12.2. The van der Waals surface area contributed by atoms with E-state index >= 15 is 0 Å². The van der Waals surface area contributed by atoms with Crippen molar-refractivity contribution in [1.82, 2.24) is 10.2 Å². The van der Waals surface area contributed by atoms with Crippen LogP contribution in [0, 0.1) is 11.3 Å². The van der Waals surface area contributed by atoms with E-state index < -0.39 is 33.4 Å². The van der Waals surface area contributed by atoms with Crippen LogP contribution < -0.4 is 15.1 Å². The monoisotopic (exact) mass is 463 g/mol. The average molecular weight is 464 g/mol. The van der Waals surface area contributed by atoms with Gasteiger partial charge in [-0.3, -0.25) is 19.6 Å². The highest BCUT2D eigenvalue weighted by Crippen LogP contribution is 2.71. The number of ether oxygens (including phenoxy) is 1. The van der Waals surface area contributed by atoms with E-state index in [4.69, 9.17) is 4.74 Å². The van der Waals surface area contributed by atoms with Crippen LogP contribution in [0.25, 0.3) is 6.08 Å². The summed E-state index contributed by atoms with van der Waals surface area (Å²) in [7, 11) is 0. The second-order valence-electron chi connectivity index (χ2n) is 12.1. The van der Waals surface area contributed by atoms with E-state index in [2.05, 4.69) is 5.32 Å². The first-order chi connectivity index (χ1) is 15.9. The lowest BCUT2D eigenvalue weighted by molar-refractivity contribution is -0.175. The van der Waals surface area contributed by atoms with Gasteiger partial charge in [-0.1, -0.05) is 19.9 Å². The Kier molecular flexibility index (Phi) is 3.32. The predicted octanol–water partition coefficient (Wildman–Crippen LogP) is 2.52. The molecule has 3 amide bonds. The fourth-order valence-electron chi connectivity index (χ4n) is 8.34. The number of anilines is 1. The van der Waals surface area contributed by atoms with Gasteiger partial charge in [0.25, 0.3) is 5.91 Å². The molecule has 2 N–H and O–H groups in total. The number of fused-ring (bicyclic) bond motifs is 5.